The van der Waals surface area contributed by atoms with E-state index in [2.05, 4.69) is 4.98 Å². The van der Waals surface area contributed by atoms with Crippen molar-refractivity contribution in [3.63, 3.8) is 0 Å². The molecule has 0 saturated heterocycles. The van der Waals surface area contributed by atoms with Crippen molar-refractivity contribution < 1.29 is 12.8 Å². The standard InChI is InChI=1S/C7H9FN2O2S/c8-7-2-1-6(5-10-7)3-4-13(9,11)12/h1-2,5H,3-4H2,(H2,9,11,12). The van der Waals surface area contributed by atoms with E-state index in [1.54, 1.807) is 0 Å². The van der Waals surface area contributed by atoms with Crippen molar-refractivity contribution in [2.45, 2.75) is 6.42 Å². The molecule has 1 rings (SSSR count). The van der Waals surface area contributed by atoms with Gasteiger partial charge in [0.05, 0.1) is 5.75 Å². The van der Waals surface area contributed by atoms with Gasteiger partial charge in [0.15, 0.2) is 0 Å². The van der Waals surface area contributed by atoms with E-state index >= 15 is 0 Å². The van der Waals surface area contributed by atoms with Gasteiger partial charge in [0.25, 0.3) is 0 Å². The van der Waals surface area contributed by atoms with Crippen molar-refractivity contribution in [2.75, 3.05) is 5.75 Å². The Kier molecular flexibility index (Phi) is 2.94. The Balaban J connectivity index is 2.61. The molecule has 0 bridgehead atoms. The molecule has 72 valence electrons. The average Bonchev–Trinajstić information content (AvgIpc) is 2.02. The molecule has 0 amide bonds. The lowest BCUT2D eigenvalue weighted by Crippen LogP contribution is -2.18. The Bertz CT molecular complexity index is 374. The minimum absolute atomic E-state index is 0.152. The van der Waals surface area contributed by atoms with E-state index in [9.17, 15) is 12.8 Å². The lowest BCUT2D eigenvalue weighted by molar-refractivity contribution is 0.582. The molecule has 6 heteroatoms. The maximum absolute atomic E-state index is 12.3. The van der Waals surface area contributed by atoms with Gasteiger partial charge in [-0.1, -0.05) is 6.07 Å². The second-order valence-corrected chi connectivity index (χ2v) is 4.34. The molecular formula is C7H9FN2O2S. The number of rotatable bonds is 3. The molecule has 0 unspecified atom stereocenters. The number of nitrogens with zero attached hydrogens (tertiary/aromatic N) is 1. The van der Waals surface area contributed by atoms with Crippen LogP contribution in [0.1, 0.15) is 5.56 Å². The fraction of sp³-hybridized carbons (Fsp3) is 0.286. The second kappa shape index (κ2) is 3.80. The van der Waals surface area contributed by atoms with Crippen molar-refractivity contribution in [3.8, 4) is 0 Å². The maximum atomic E-state index is 12.3. The molecule has 0 atom stereocenters. The minimum Gasteiger partial charge on any atom is -0.229 e. The van der Waals surface area contributed by atoms with Crippen molar-refractivity contribution in [1.82, 2.24) is 4.98 Å². The molecule has 0 spiro atoms. The Morgan fingerprint density at radius 1 is 1.46 bits per heavy atom. The summed E-state index contributed by atoms with van der Waals surface area (Å²) in [6.07, 6.45) is 1.55. The first-order valence-electron chi connectivity index (χ1n) is 3.58. The zero-order valence-corrected chi connectivity index (χ0v) is 7.59. The molecule has 0 saturated carbocycles. The maximum Gasteiger partial charge on any atom is 0.212 e. The highest BCUT2D eigenvalue weighted by molar-refractivity contribution is 7.89. The predicted molar refractivity (Wildman–Crippen MR) is 45.9 cm³/mol. The average molecular weight is 204 g/mol. The third-order valence-corrected chi connectivity index (χ3v) is 2.24. The molecule has 0 radical (unpaired) electrons. The lowest BCUT2D eigenvalue weighted by Gasteiger charge is -1.98. The molecule has 0 aromatic carbocycles. The van der Waals surface area contributed by atoms with Crippen LogP contribution in [0, 0.1) is 5.95 Å². The van der Waals surface area contributed by atoms with E-state index < -0.39 is 16.0 Å². The van der Waals surface area contributed by atoms with Crippen LogP contribution >= 0.6 is 0 Å². The molecule has 0 aliphatic heterocycles. The van der Waals surface area contributed by atoms with Gasteiger partial charge in [0, 0.05) is 6.20 Å². The summed E-state index contributed by atoms with van der Waals surface area (Å²) in [5.74, 6) is -0.736. The molecular weight excluding hydrogens is 195 g/mol. The van der Waals surface area contributed by atoms with Gasteiger partial charge in [-0.25, -0.2) is 18.5 Å². The molecule has 4 nitrogen and oxygen atoms in total. The lowest BCUT2D eigenvalue weighted by atomic mass is 10.2. The first-order valence-corrected chi connectivity index (χ1v) is 5.30. The number of nitrogens with two attached hydrogens (primary N) is 1. The number of primary sulfonamides is 1. The number of hydrogen-bond acceptors (Lipinski definition) is 3. The van der Waals surface area contributed by atoms with Crippen LogP contribution in [0.4, 0.5) is 4.39 Å². The number of sulfonamides is 1. The molecule has 0 aliphatic rings. The normalized spacial score (nSPS) is 11.5. The summed E-state index contributed by atoms with van der Waals surface area (Å²) in [4.78, 5) is 3.38. The zero-order chi connectivity index (χ0) is 9.90. The topological polar surface area (TPSA) is 73.1 Å². The van der Waals surface area contributed by atoms with Gasteiger partial charge in [0.2, 0.25) is 16.0 Å². The van der Waals surface area contributed by atoms with Crippen molar-refractivity contribution >= 4 is 10.0 Å². The quantitative estimate of drug-likeness (QED) is 0.707. The van der Waals surface area contributed by atoms with E-state index in [1.807, 2.05) is 0 Å². The first-order chi connectivity index (χ1) is 5.97. The van der Waals surface area contributed by atoms with Gasteiger partial charge in [-0.3, -0.25) is 0 Å². The molecule has 1 aromatic rings. The van der Waals surface area contributed by atoms with Crippen molar-refractivity contribution in [1.29, 1.82) is 0 Å². The Morgan fingerprint density at radius 2 is 2.15 bits per heavy atom. The van der Waals surface area contributed by atoms with E-state index in [0.29, 0.717) is 5.56 Å². The summed E-state index contributed by atoms with van der Waals surface area (Å²) in [6.45, 7) is 0. The largest absolute Gasteiger partial charge is 0.229 e. The van der Waals surface area contributed by atoms with Crippen molar-refractivity contribution in [2.24, 2.45) is 5.14 Å². The van der Waals surface area contributed by atoms with Gasteiger partial charge >= 0.3 is 0 Å². The zero-order valence-electron chi connectivity index (χ0n) is 6.77. The summed E-state index contributed by atoms with van der Waals surface area (Å²) >= 11 is 0. The molecule has 13 heavy (non-hydrogen) atoms. The van der Waals surface area contributed by atoms with E-state index in [0.717, 1.165) is 0 Å². The van der Waals surface area contributed by atoms with E-state index in [4.69, 9.17) is 5.14 Å². The Hall–Kier alpha value is -1.01. The summed E-state index contributed by atoms with van der Waals surface area (Å²) < 4.78 is 33.4. The van der Waals surface area contributed by atoms with Gasteiger partial charge in [0.1, 0.15) is 0 Å². The van der Waals surface area contributed by atoms with Crippen LogP contribution in [0.25, 0.3) is 0 Å². The second-order valence-electron chi connectivity index (χ2n) is 2.61. The van der Waals surface area contributed by atoms with E-state index in [1.165, 1.54) is 18.3 Å². The third kappa shape index (κ3) is 3.95. The number of hydrogen-bond donors (Lipinski definition) is 1. The van der Waals surface area contributed by atoms with Crippen LogP contribution < -0.4 is 5.14 Å². The van der Waals surface area contributed by atoms with Crippen LogP contribution in [0.5, 0.6) is 0 Å². The van der Waals surface area contributed by atoms with Gasteiger partial charge in [-0.05, 0) is 18.1 Å². The molecule has 0 fully saturated rings. The Labute approximate surface area is 75.6 Å². The first kappa shape index (κ1) is 10.1. The summed E-state index contributed by atoms with van der Waals surface area (Å²) in [7, 11) is -3.45. The van der Waals surface area contributed by atoms with Crippen LogP contribution in [0.3, 0.4) is 0 Å². The highest BCUT2D eigenvalue weighted by Gasteiger charge is 2.03. The fourth-order valence-electron chi connectivity index (χ4n) is 0.814. The van der Waals surface area contributed by atoms with Crippen LogP contribution in [0.2, 0.25) is 0 Å². The SMILES string of the molecule is NS(=O)(=O)CCc1ccc(F)nc1. The monoisotopic (exact) mass is 204 g/mol. The predicted octanol–water partition coefficient (Wildman–Crippen LogP) is 0.0517. The molecule has 1 aromatic heterocycles. The fourth-order valence-corrected chi connectivity index (χ4v) is 1.33. The highest BCUT2D eigenvalue weighted by Crippen LogP contribution is 2.00. The van der Waals surface area contributed by atoms with E-state index in [-0.39, 0.29) is 12.2 Å². The van der Waals surface area contributed by atoms with Crippen LogP contribution in [-0.4, -0.2) is 19.2 Å². The van der Waals surface area contributed by atoms with Crippen LogP contribution in [0.15, 0.2) is 18.3 Å². The smallest absolute Gasteiger partial charge is 0.212 e. The summed E-state index contributed by atoms with van der Waals surface area (Å²) in [5.41, 5.74) is 0.649. The van der Waals surface area contributed by atoms with Gasteiger partial charge in [-0.15, -0.1) is 0 Å². The van der Waals surface area contributed by atoms with Crippen LogP contribution in [-0.2, 0) is 16.4 Å². The number of halogens is 1. The number of pyridine rings is 1. The number of aromatic nitrogens is 1. The third-order valence-electron chi connectivity index (χ3n) is 1.46. The highest BCUT2D eigenvalue weighted by atomic mass is 32.2. The Morgan fingerprint density at radius 3 is 2.62 bits per heavy atom. The summed E-state index contributed by atoms with van der Waals surface area (Å²) in [5, 5.41) is 4.79. The van der Waals surface area contributed by atoms with Gasteiger partial charge < -0.3 is 0 Å². The van der Waals surface area contributed by atoms with Crippen molar-refractivity contribution in [3.05, 3.63) is 29.8 Å². The molecule has 1 heterocycles. The summed E-state index contributed by atoms with van der Waals surface area (Å²) in [6, 6.07) is 2.66. The minimum atomic E-state index is -3.45. The molecule has 2 N–H and O–H groups in total. The number of aryl methyl sites for hydroxylation is 1. The van der Waals surface area contributed by atoms with Gasteiger partial charge in [-0.2, -0.15) is 4.39 Å². The molecule has 0 aliphatic carbocycles.